The predicted octanol–water partition coefficient (Wildman–Crippen LogP) is 0.0777. The Bertz CT molecular complexity index is 529. The fourth-order valence-corrected chi connectivity index (χ4v) is 3.64. The van der Waals surface area contributed by atoms with E-state index in [1.165, 1.54) is 6.20 Å². The van der Waals surface area contributed by atoms with Crippen LogP contribution in [0.1, 0.15) is 25.7 Å². The van der Waals surface area contributed by atoms with Gasteiger partial charge in [0.15, 0.2) is 0 Å². The Balaban J connectivity index is 1.98. The normalized spacial score (nSPS) is 23.3. The van der Waals surface area contributed by atoms with Crippen LogP contribution in [0.4, 0.5) is 0 Å². The molecule has 2 unspecified atom stereocenters. The average molecular weight is 302 g/mol. The molecule has 20 heavy (non-hydrogen) atoms. The largest absolute Gasteiger partial charge is 0.381 e. The number of methoxy groups -OCH3 is 1. The van der Waals surface area contributed by atoms with Crippen LogP contribution >= 0.6 is 0 Å². The van der Waals surface area contributed by atoms with Gasteiger partial charge < -0.3 is 10.5 Å². The molecule has 114 valence electrons. The van der Waals surface area contributed by atoms with Gasteiger partial charge >= 0.3 is 0 Å². The molecule has 1 aromatic rings. The minimum Gasteiger partial charge on any atom is -0.381 e. The van der Waals surface area contributed by atoms with Crippen molar-refractivity contribution in [2.24, 2.45) is 5.73 Å². The number of sulfonamides is 1. The SMILES string of the molecule is COC1CCC(NS(=O)(=O)c2cnn(CCCN)c2)C1. The van der Waals surface area contributed by atoms with Gasteiger partial charge in [0.05, 0.1) is 12.3 Å². The van der Waals surface area contributed by atoms with Crippen LogP contribution in [0.5, 0.6) is 0 Å². The lowest BCUT2D eigenvalue weighted by Crippen LogP contribution is -2.33. The molecule has 1 aromatic heterocycles. The van der Waals surface area contributed by atoms with Crippen molar-refractivity contribution in [3.63, 3.8) is 0 Å². The molecule has 0 saturated heterocycles. The Morgan fingerprint density at radius 2 is 2.35 bits per heavy atom. The molecular weight excluding hydrogens is 280 g/mol. The summed E-state index contributed by atoms with van der Waals surface area (Å²) in [5, 5.41) is 4.04. The van der Waals surface area contributed by atoms with Gasteiger partial charge in [0, 0.05) is 25.9 Å². The van der Waals surface area contributed by atoms with E-state index >= 15 is 0 Å². The van der Waals surface area contributed by atoms with Gasteiger partial charge in [-0.2, -0.15) is 5.10 Å². The second-order valence-electron chi connectivity index (χ2n) is 5.07. The molecule has 0 radical (unpaired) electrons. The molecule has 1 aliphatic rings. The minimum absolute atomic E-state index is 0.0580. The van der Waals surface area contributed by atoms with E-state index in [-0.39, 0.29) is 17.0 Å². The first kappa shape index (κ1) is 15.4. The molecule has 1 fully saturated rings. The third-order valence-corrected chi connectivity index (χ3v) is 5.03. The smallest absolute Gasteiger partial charge is 0.243 e. The number of nitrogens with two attached hydrogens (primary N) is 1. The van der Waals surface area contributed by atoms with Crippen LogP contribution in [0.2, 0.25) is 0 Å². The second kappa shape index (κ2) is 6.66. The van der Waals surface area contributed by atoms with Gasteiger partial charge in [-0.25, -0.2) is 13.1 Å². The van der Waals surface area contributed by atoms with Crippen molar-refractivity contribution in [2.45, 2.75) is 49.3 Å². The van der Waals surface area contributed by atoms with Crippen molar-refractivity contribution in [3.8, 4) is 0 Å². The maximum Gasteiger partial charge on any atom is 0.243 e. The molecule has 3 N–H and O–H groups in total. The van der Waals surface area contributed by atoms with Crippen LogP contribution in [0.3, 0.4) is 0 Å². The molecule has 0 spiro atoms. The predicted molar refractivity (Wildman–Crippen MR) is 74.7 cm³/mol. The number of nitrogens with one attached hydrogen (secondary N) is 1. The summed E-state index contributed by atoms with van der Waals surface area (Å²) in [4.78, 5) is 0.204. The van der Waals surface area contributed by atoms with Crippen molar-refractivity contribution < 1.29 is 13.2 Å². The Labute approximate surface area is 119 Å². The average Bonchev–Trinajstić information content (AvgIpc) is 3.04. The molecule has 0 bridgehead atoms. The zero-order valence-corrected chi connectivity index (χ0v) is 12.5. The highest BCUT2D eigenvalue weighted by Crippen LogP contribution is 2.23. The number of aromatic nitrogens is 2. The molecule has 1 heterocycles. The third kappa shape index (κ3) is 3.78. The zero-order chi connectivity index (χ0) is 14.6. The van der Waals surface area contributed by atoms with Crippen LogP contribution in [-0.2, 0) is 21.3 Å². The summed E-state index contributed by atoms with van der Waals surface area (Å²) in [5.41, 5.74) is 5.42. The molecule has 8 heteroatoms. The van der Waals surface area contributed by atoms with Gasteiger partial charge in [0.2, 0.25) is 10.0 Å². The van der Waals surface area contributed by atoms with E-state index in [0.29, 0.717) is 13.1 Å². The molecule has 1 saturated carbocycles. The fourth-order valence-electron chi connectivity index (χ4n) is 2.41. The van der Waals surface area contributed by atoms with Crippen LogP contribution in [0.15, 0.2) is 17.3 Å². The molecule has 0 aromatic carbocycles. The highest BCUT2D eigenvalue weighted by molar-refractivity contribution is 7.89. The van der Waals surface area contributed by atoms with Gasteiger partial charge in [0.25, 0.3) is 0 Å². The molecule has 7 nitrogen and oxygen atoms in total. The Morgan fingerprint density at radius 3 is 3.00 bits per heavy atom. The van der Waals surface area contributed by atoms with Crippen molar-refractivity contribution in [3.05, 3.63) is 12.4 Å². The first-order valence-corrected chi connectivity index (χ1v) is 8.31. The summed E-state index contributed by atoms with van der Waals surface area (Å²) in [7, 11) is -1.84. The van der Waals surface area contributed by atoms with Gasteiger partial charge in [-0.1, -0.05) is 0 Å². The molecule has 2 atom stereocenters. The number of nitrogens with zero attached hydrogens (tertiary/aromatic N) is 2. The van der Waals surface area contributed by atoms with Gasteiger partial charge in [-0.05, 0) is 32.2 Å². The van der Waals surface area contributed by atoms with E-state index in [4.69, 9.17) is 10.5 Å². The number of aryl methyl sites for hydroxylation is 1. The summed E-state index contributed by atoms with van der Waals surface area (Å²) in [6, 6.07) is -0.0580. The maximum absolute atomic E-state index is 12.2. The van der Waals surface area contributed by atoms with Crippen molar-refractivity contribution in [1.29, 1.82) is 0 Å². The summed E-state index contributed by atoms with van der Waals surface area (Å²) in [6.07, 6.45) is 6.25. The van der Waals surface area contributed by atoms with E-state index in [1.54, 1.807) is 18.0 Å². The first-order valence-electron chi connectivity index (χ1n) is 6.83. The van der Waals surface area contributed by atoms with Crippen LogP contribution in [0.25, 0.3) is 0 Å². The zero-order valence-electron chi connectivity index (χ0n) is 11.7. The highest BCUT2D eigenvalue weighted by atomic mass is 32.2. The summed E-state index contributed by atoms with van der Waals surface area (Å²) >= 11 is 0. The van der Waals surface area contributed by atoms with Gasteiger partial charge in [-0.3, -0.25) is 4.68 Å². The maximum atomic E-state index is 12.2. The van der Waals surface area contributed by atoms with Crippen molar-refractivity contribution in [2.75, 3.05) is 13.7 Å². The van der Waals surface area contributed by atoms with E-state index in [2.05, 4.69) is 9.82 Å². The lowest BCUT2D eigenvalue weighted by atomic mass is 10.3. The van der Waals surface area contributed by atoms with Crippen molar-refractivity contribution >= 4 is 10.0 Å². The molecule has 0 aliphatic heterocycles. The third-order valence-electron chi connectivity index (χ3n) is 3.55. The van der Waals surface area contributed by atoms with E-state index in [9.17, 15) is 8.42 Å². The second-order valence-corrected chi connectivity index (χ2v) is 6.78. The standard InChI is InChI=1S/C12H22N4O3S/c1-19-11-4-3-10(7-11)15-20(17,18)12-8-14-16(9-12)6-2-5-13/h8-11,15H,2-7,13H2,1H3. The van der Waals surface area contributed by atoms with E-state index < -0.39 is 10.0 Å². The van der Waals surface area contributed by atoms with E-state index in [1.807, 2.05) is 0 Å². The summed E-state index contributed by atoms with van der Waals surface area (Å²) in [5.74, 6) is 0. The van der Waals surface area contributed by atoms with Crippen molar-refractivity contribution in [1.82, 2.24) is 14.5 Å². The molecule has 2 rings (SSSR count). The van der Waals surface area contributed by atoms with Crippen LogP contribution in [-0.4, -0.2) is 44.0 Å². The monoisotopic (exact) mass is 302 g/mol. The van der Waals surface area contributed by atoms with Gasteiger partial charge in [0.1, 0.15) is 4.90 Å². The van der Waals surface area contributed by atoms with E-state index in [0.717, 1.165) is 25.7 Å². The Hall–Kier alpha value is -0.960. The number of hydrogen-bond donors (Lipinski definition) is 2. The Kier molecular flexibility index (Phi) is 5.14. The number of hydrogen-bond acceptors (Lipinski definition) is 5. The lowest BCUT2D eigenvalue weighted by molar-refractivity contribution is 0.107. The molecular formula is C12H22N4O3S. The molecule has 0 amide bonds. The highest BCUT2D eigenvalue weighted by Gasteiger charge is 2.29. The topological polar surface area (TPSA) is 99.2 Å². The first-order chi connectivity index (χ1) is 9.55. The minimum atomic E-state index is -3.50. The fraction of sp³-hybridized carbons (Fsp3) is 0.750. The van der Waals surface area contributed by atoms with Crippen LogP contribution in [0, 0.1) is 0 Å². The number of ether oxygens (including phenoxy) is 1. The van der Waals surface area contributed by atoms with Gasteiger partial charge in [-0.15, -0.1) is 0 Å². The quantitative estimate of drug-likeness (QED) is 0.743. The summed E-state index contributed by atoms with van der Waals surface area (Å²) in [6.45, 7) is 1.18. The molecule has 1 aliphatic carbocycles. The summed E-state index contributed by atoms with van der Waals surface area (Å²) < 4.78 is 34.1. The van der Waals surface area contributed by atoms with Crippen LogP contribution < -0.4 is 10.5 Å². The Morgan fingerprint density at radius 1 is 1.55 bits per heavy atom. The lowest BCUT2D eigenvalue weighted by Gasteiger charge is -2.12. The number of rotatable bonds is 7.